The lowest BCUT2D eigenvalue weighted by Crippen LogP contribution is -2.28. The first-order valence-corrected chi connectivity index (χ1v) is 14.6. The van der Waals surface area contributed by atoms with E-state index in [-0.39, 0.29) is 12.0 Å². The van der Waals surface area contributed by atoms with Crippen LogP contribution in [0, 0.1) is 6.92 Å². The maximum Gasteiger partial charge on any atom is 0.356 e. The van der Waals surface area contributed by atoms with Crippen LogP contribution in [0.25, 0.3) is 22.6 Å². The van der Waals surface area contributed by atoms with Crippen molar-refractivity contribution in [2.75, 3.05) is 13.2 Å². The summed E-state index contributed by atoms with van der Waals surface area (Å²) in [5.74, 6) is 1.15. The fourth-order valence-corrected chi connectivity index (χ4v) is 5.49. The lowest BCUT2D eigenvalue weighted by molar-refractivity contribution is 0.0519. The van der Waals surface area contributed by atoms with Crippen molar-refractivity contribution in [3.8, 4) is 17.2 Å². The summed E-state index contributed by atoms with van der Waals surface area (Å²) < 4.78 is 17.3. The highest BCUT2D eigenvalue weighted by atomic mass is 16.5. The van der Waals surface area contributed by atoms with Crippen molar-refractivity contribution in [3.63, 3.8) is 0 Å². The van der Waals surface area contributed by atoms with Gasteiger partial charge in [-0.3, -0.25) is 0 Å². The fourth-order valence-electron chi connectivity index (χ4n) is 5.49. The van der Waals surface area contributed by atoms with Gasteiger partial charge in [0.25, 0.3) is 0 Å². The molecule has 3 aromatic carbocycles. The zero-order valence-corrected chi connectivity index (χ0v) is 24.1. The van der Waals surface area contributed by atoms with E-state index in [1.54, 1.807) is 13.0 Å². The summed E-state index contributed by atoms with van der Waals surface area (Å²) in [4.78, 5) is 21.4. The number of nitrogens with zero attached hydrogens (tertiary/aromatic N) is 2. The standard InChI is InChI=1S/C35H35N3O4/c1-3-40-35(39)30-17-16-27-28(8-6-9-29(27)37-30)36-20-19-25-7-4-5-10-32(25)41-22-24-12-14-26(15-13-24)34-38-31-21-23(2)11-18-33(31)42-34/h4-5,7,10-18,21,28,36H,3,6,8-9,19-20,22H2,1-2H3. The van der Waals surface area contributed by atoms with Crippen LogP contribution in [-0.2, 0) is 24.2 Å². The van der Waals surface area contributed by atoms with Crippen LogP contribution in [-0.4, -0.2) is 29.1 Å². The highest BCUT2D eigenvalue weighted by molar-refractivity contribution is 5.87. The van der Waals surface area contributed by atoms with Gasteiger partial charge in [-0.1, -0.05) is 42.5 Å². The molecule has 6 rings (SSSR count). The Kier molecular flexibility index (Phi) is 8.28. The molecule has 2 aromatic heterocycles. The molecule has 5 aromatic rings. The van der Waals surface area contributed by atoms with Gasteiger partial charge in [0.05, 0.1) is 6.61 Å². The van der Waals surface area contributed by atoms with Crippen LogP contribution in [0.4, 0.5) is 0 Å². The van der Waals surface area contributed by atoms with Crippen LogP contribution in [0.3, 0.4) is 0 Å². The Balaban J connectivity index is 1.05. The van der Waals surface area contributed by atoms with E-state index < -0.39 is 0 Å². The number of carbonyl (C=O) groups is 1. The highest BCUT2D eigenvalue weighted by Crippen LogP contribution is 2.30. The summed E-state index contributed by atoms with van der Waals surface area (Å²) in [6.07, 6.45) is 3.80. The van der Waals surface area contributed by atoms with E-state index >= 15 is 0 Å². The second-order valence-electron chi connectivity index (χ2n) is 10.7. The number of hydrogen-bond acceptors (Lipinski definition) is 7. The number of aryl methyl sites for hydroxylation is 2. The number of aromatic nitrogens is 2. The number of oxazole rings is 1. The van der Waals surface area contributed by atoms with Gasteiger partial charge < -0.3 is 19.2 Å². The van der Waals surface area contributed by atoms with E-state index in [0.29, 0.717) is 24.8 Å². The van der Waals surface area contributed by atoms with E-state index in [1.165, 1.54) is 5.56 Å². The van der Waals surface area contributed by atoms with Gasteiger partial charge in [-0.15, -0.1) is 0 Å². The second kappa shape index (κ2) is 12.6. The molecule has 214 valence electrons. The first-order chi connectivity index (χ1) is 20.6. The summed E-state index contributed by atoms with van der Waals surface area (Å²) in [6.45, 7) is 5.49. The summed E-state index contributed by atoms with van der Waals surface area (Å²) in [6, 6.07) is 26.4. The average Bonchev–Trinajstić information content (AvgIpc) is 3.44. The number of benzene rings is 3. The molecule has 7 nitrogen and oxygen atoms in total. The molecule has 0 radical (unpaired) electrons. The van der Waals surface area contributed by atoms with Gasteiger partial charge in [-0.25, -0.2) is 14.8 Å². The molecule has 1 N–H and O–H groups in total. The van der Waals surface area contributed by atoms with Gasteiger partial charge in [0.1, 0.15) is 23.6 Å². The third kappa shape index (κ3) is 6.21. The quantitative estimate of drug-likeness (QED) is 0.181. The van der Waals surface area contributed by atoms with Crippen molar-refractivity contribution in [1.29, 1.82) is 0 Å². The van der Waals surface area contributed by atoms with Crippen molar-refractivity contribution in [1.82, 2.24) is 15.3 Å². The number of ether oxygens (including phenoxy) is 2. The third-order valence-electron chi connectivity index (χ3n) is 7.67. The van der Waals surface area contributed by atoms with Gasteiger partial charge >= 0.3 is 5.97 Å². The minimum Gasteiger partial charge on any atom is -0.489 e. The van der Waals surface area contributed by atoms with Gasteiger partial charge in [0.2, 0.25) is 5.89 Å². The SMILES string of the molecule is CCOC(=O)c1ccc2c(n1)CCCC2NCCc1ccccc1OCc1ccc(-c2nc3cc(C)ccc3o2)cc1. The van der Waals surface area contributed by atoms with E-state index in [0.717, 1.165) is 77.0 Å². The molecule has 42 heavy (non-hydrogen) atoms. The molecule has 0 bridgehead atoms. The lowest BCUT2D eigenvalue weighted by atomic mass is 9.91. The van der Waals surface area contributed by atoms with Crippen LogP contribution in [0.2, 0.25) is 0 Å². The number of hydrogen-bond donors (Lipinski definition) is 1. The molecule has 2 heterocycles. The van der Waals surface area contributed by atoms with Gasteiger partial charge in [0, 0.05) is 17.3 Å². The molecule has 1 aliphatic rings. The number of esters is 1. The Hall–Kier alpha value is -4.49. The van der Waals surface area contributed by atoms with Crippen LogP contribution in [0.5, 0.6) is 5.75 Å². The zero-order chi connectivity index (χ0) is 28.9. The lowest BCUT2D eigenvalue weighted by Gasteiger charge is -2.26. The number of para-hydroxylation sites is 1. The Morgan fingerprint density at radius 2 is 1.88 bits per heavy atom. The number of fused-ring (bicyclic) bond motifs is 2. The zero-order valence-electron chi connectivity index (χ0n) is 24.1. The van der Waals surface area contributed by atoms with Crippen molar-refractivity contribution in [2.24, 2.45) is 0 Å². The first kappa shape index (κ1) is 27.7. The fraction of sp³-hybridized carbons (Fsp3) is 0.286. The summed E-state index contributed by atoms with van der Waals surface area (Å²) in [7, 11) is 0. The van der Waals surface area contributed by atoms with Gasteiger partial charge in [-0.05, 0) is 105 Å². The van der Waals surface area contributed by atoms with E-state index in [2.05, 4.69) is 46.5 Å². The topological polar surface area (TPSA) is 86.5 Å². The molecular formula is C35H35N3O4. The number of carbonyl (C=O) groups excluding carboxylic acids is 1. The predicted molar refractivity (Wildman–Crippen MR) is 163 cm³/mol. The third-order valence-corrected chi connectivity index (χ3v) is 7.67. The Morgan fingerprint density at radius 1 is 1.02 bits per heavy atom. The highest BCUT2D eigenvalue weighted by Gasteiger charge is 2.22. The maximum atomic E-state index is 12.1. The molecule has 0 saturated heterocycles. The normalized spacial score (nSPS) is 14.5. The molecule has 1 atom stereocenters. The molecular weight excluding hydrogens is 526 g/mol. The van der Waals surface area contributed by atoms with E-state index in [1.807, 2.05) is 48.5 Å². The first-order valence-electron chi connectivity index (χ1n) is 14.6. The Labute approximate surface area is 245 Å². The smallest absolute Gasteiger partial charge is 0.356 e. The minimum absolute atomic E-state index is 0.217. The van der Waals surface area contributed by atoms with E-state index in [4.69, 9.17) is 13.9 Å². The van der Waals surface area contributed by atoms with Crippen molar-refractivity contribution < 1.29 is 18.7 Å². The number of nitrogens with one attached hydrogen (secondary N) is 1. The van der Waals surface area contributed by atoms with Crippen LogP contribution >= 0.6 is 0 Å². The molecule has 1 unspecified atom stereocenters. The molecule has 1 aliphatic carbocycles. The van der Waals surface area contributed by atoms with E-state index in [9.17, 15) is 4.79 Å². The van der Waals surface area contributed by atoms with Crippen LogP contribution in [0.15, 0.2) is 83.3 Å². The van der Waals surface area contributed by atoms with Crippen molar-refractivity contribution in [3.05, 3.63) is 113 Å². The van der Waals surface area contributed by atoms with Crippen LogP contribution < -0.4 is 10.1 Å². The second-order valence-corrected chi connectivity index (χ2v) is 10.7. The average molecular weight is 562 g/mol. The Bertz CT molecular complexity index is 1690. The molecule has 0 spiro atoms. The molecule has 0 fully saturated rings. The maximum absolute atomic E-state index is 12.1. The molecule has 0 amide bonds. The summed E-state index contributed by atoms with van der Waals surface area (Å²) in [5.41, 5.74) is 8.56. The summed E-state index contributed by atoms with van der Waals surface area (Å²) in [5, 5.41) is 3.71. The monoisotopic (exact) mass is 561 g/mol. The van der Waals surface area contributed by atoms with Crippen molar-refractivity contribution in [2.45, 2.75) is 52.2 Å². The minimum atomic E-state index is -0.360. The molecule has 0 aliphatic heterocycles. The molecule has 0 saturated carbocycles. The van der Waals surface area contributed by atoms with Gasteiger partial charge in [-0.2, -0.15) is 0 Å². The number of rotatable bonds is 10. The van der Waals surface area contributed by atoms with Crippen molar-refractivity contribution >= 4 is 17.1 Å². The molecule has 7 heteroatoms. The largest absolute Gasteiger partial charge is 0.489 e. The van der Waals surface area contributed by atoms with Gasteiger partial charge in [0.15, 0.2) is 5.58 Å². The predicted octanol–water partition coefficient (Wildman–Crippen LogP) is 7.16. The summed E-state index contributed by atoms with van der Waals surface area (Å²) >= 11 is 0. The number of pyridine rings is 1. The Morgan fingerprint density at radius 3 is 2.74 bits per heavy atom. The van der Waals surface area contributed by atoms with Crippen LogP contribution in [0.1, 0.15) is 64.2 Å².